The fourth-order valence-electron chi connectivity index (χ4n) is 3.27. The second-order valence-corrected chi connectivity index (χ2v) is 7.10. The van der Waals surface area contributed by atoms with E-state index < -0.39 is 16.8 Å². The third-order valence-electron chi connectivity index (χ3n) is 5.29. The Morgan fingerprint density at radius 2 is 2.19 bits per heavy atom. The summed E-state index contributed by atoms with van der Waals surface area (Å²) in [4.78, 5) is 12.8. The van der Waals surface area contributed by atoms with Gasteiger partial charge >= 0.3 is 0 Å². The topological polar surface area (TPSA) is 108 Å². The maximum Gasteiger partial charge on any atom is 0.245 e. The molecular weight excluding hydrogens is 375 g/mol. The van der Waals surface area contributed by atoms with Crippen LogP contribution in [-0.2, 0) is 9.53 Å². The highest BCUT2D eigenvalue weighted by Gasteiger charge is 2.62. The number of halogens is 2. The Morgan fingerprint density at radius 1 is 1.48 bits per heavy atom. The fourth-order valence-corrected chi connectivity index (χ4v) is 3.27. The Morgan fingerprint density at radius 3 is 2.74 bits per heavy atom. The van der Waals surface area contributed by atoms with Gasteiger partial charge in [0.1, 0.15) is 17.0 Å². The summed E-state index contributed by atoms with van der Waals surface area (Å²) in [6, 6.07) is 4.21. The predicted molar refractivity (Wildman–Crippen MR) is 100 cm³/mol. The number of anilines is 1. The number of rotatable bonds is 5. The molecule has 2 atom stereocenters. The minimum Gasteiger partial charge on any atom is -0.378 e. The average molecular weight is 399 g/mol. The van der Waals surface area contributed by atoms with Gasteiger partial charge in [0.2, 0.25) is 5.91 Å². The van der Waals surface area contributed by atoms with Crippen LogP contribution in [0.15, 0.2) is 18.2 Å². The smallest absolute Gasteiger partial charge is 0.245 e. The van der Waals surface area contributed by atoms with Gasteiger partial charge in [0.05, 0.1) is 6.10 Å². The number of aromatic nitrogens is 4. The highest BCUT2D eigenvalue weighted by Crippen LogP contribution is 2.50. The molecule has 2 aromatic rings. The van der Waals surface area contributed by atoms with E-state index in [-0.39, 0.29) is 30.1 Å². The SMILES string of the molecule is CCOC1CC(N)(C(=O)Nc2ccc(F)c(-n3nnnc3C)c2)C1(C)C.Cl. The number of nitrogens with two attached hydrogens (primary N) is 1. The number of tetrazole rings is 1. The van der Waals surface area contributed by atoms with Gasteiger partial charge < -0.3 is 15.8 Å². The van der Waals surface area contributed by atoms with Crippen LogP contribution in [0.5, 0.6) is 0 Å². The largest absolute Gasteiger partial charge is 0.378 e. The van der Waals surface area contributed by atoms with Crippen LogP contribution in [0.2, 0.25) is 0 Å². The van der Waals surface area contributed by atoms with Crippen LogP contribution in [0, 0.1) is 18.2 Å². The molecule has 27 heavy (non-hydrogen) atoms. The molecule has 8 nitrogen and oxygen atoms in total. The molecule has 1 aliphatic carbocycles. The van der Waals surface area contributed by atoms with Crippen LogP contribution in [0.4, 0.5) is 10.1 Å². The van der Waals surface area contributed by atoms with Gasteiger partial charge in [-0.1, -0.05) is 13.8 Å². The number of benzene rings is 1. The molecule has 0 bridgehead atoms. The van der Waals surface area contributed by atoms with Gasteiger partial charge in [0.15, 0.2) is 5.82 Å². The van der Waals surface area contributed by atoms with E-state index in [4.69, 9.17) is 10.5 Å². The van der Waals surface area contributed by atoms with Crippen LogP contribution < -0.4 is 11.1 Å². The summed E-state index contributed by atoms with van der Waals surface area (Å²) in [5, 5.41) is 13.8. The third-order valence-corrected chi connectivity index (χ3v) is 5.29. The zero-order valence-electron chi connectivity index (χ0n) is 15.7. The predicted octanol–water partition coefficient (Wildman–Crippen LogP) is 2.00. The molecule has 0 spiro atoms. The minimum atomic E-state index is -1.06. The highest BCUT2D eigenvalue weighted by molar-refractivity contribution is 6.00. The maximum atomic E-state index is 14.2. The first kappa shape index (κ1) is 21.2. The van der Waals surface area contributed by atoms with E-state index in [2.05, 4.69) is 20.8 Å². The number of aryl methyl sites for hydroxylation is 1. The Bertz CT molecular complexity index is 843. The van der Waals surface area contributed by atoms with Crippen molar-refractivity contribution in [2.45, 2.75) is 45.8 Å². The number of nitrogens with one attached hydrogen (secondary N) is 1. The highest BCUT2D eigenvalue weighted by atomic mass is 35.5. The summed E-state index contributed by atoms with van der Waals surface area (Å²) >= 11 is 0. The van der Waals surface area contributed by atoms with Gasteiger partial charge in [-0.05, 0) is 42.5 Å². The van der Waals surface area contributed by atoms with Crippen LogP contribution in [0.25, 0.3) is 5.69 Å². The molecule has 1 heterocycles. The summed E-state index contributed by atoms with van der Waals surface area (Å²) in [5.74, 6) is -0.395. The fraction of sp³-hybridized carbons (Fsp3) is 0.529. The van der Waals surface area contributed by atoms with E-state index >= 15 is 0 Å². The molecule has 0 aliphatic heterocycles. The second-order valence-electron chi connectivity index (χ2n) is 7.10. The molecule has 3 rings (SSSR count). The monoisotopic (exact) mass is 398 g/mol. The van der Waals surface area contributed by atoms with E-state index in [1.165, 1.54) is 22.9 Å². The Labute approximate surface area is 163 Å². The molecule has 3 N–H and O–H groups in total. The molecule has 1 aliphatic rings. The summed E-state index contributed by atoms with van der Waals surface area (Å²) in [5.41, 5.74) is 5.37. The molecule has 0 saturated heterocycles. The Hall–Kier alpha value is -2.10. The van der Waals surface area contributed by atoms with Gasteiger partial charge in [0, 0.05) is 24.1 Å². The van der Waals surface area contributed by atoms with Crippen molar-refractivity contribution in [1.82, 2.24) is 20.2 Å². The lowest BCUT2D eigenvalue weighted by atomic mass is 9.54. The van der Waals surface area contributed by atoms with E-state index in [0.29, 0.717) is 24.5 Å². The molecule has 1 aromatic carbocycles. The Kier molecular flexibility index (Phi) is 5.88. The van der Waals surface area contributed by atoms with Crippen molar-refractivity contribution in [3.8, 4) is 5.69 Å². The quantitative estimate of drug-likeness (QED) is 0.797. The lowest BCUT2D eigenvalue weighted by Crippen LogP contribution is -2.74. The number of hydrogen-bond acceptors (Lipinski definition) is 6. The molecule has 1 fully saturated rings. The van der Waals surface area contributed by atoms with Gasteiger partial charge in [-0.25, -0.2) is 4.39 Å². The van der Waals surface area contributed by atoms with E-state index in [0.717, 1.165) is 0 Å². The number of amides is 1. The lowest BCUT2D eigenvalue weighted by molar-refractivity contribution is -0.166. The van der Waals surface area contributed by atoms with Gasteiger partial charge in [0.25, 0.3) is 0 Å². The van der Waals surface area contributed by atoms with Crippen LogP contribution >= 0.6 is 12.4 Å². The number of hydrogen-bond donors (Lipinski definition) is 2. The van der Waals surface area contributed by atoms with Crippen LogP contribution in [0.3, 0.4) is 0 Å². The number of carbonyl (C=O) groups is 1. The molecule has 2 unspecified atom stereocenters. The van der Waals surface area contributed by atoms with E-state index in [1.54, 1.807) is 6.92 Å². The first-order valence-corrected chi connectivity index (χ1v) is 8.47. The minimum absolute atomic E-state index is 0. The molecule has 1 amide bonds. The molecule has 148 valence electrons. The molecule has 1 saturated carbocycles. The first-order valence-electron chi connectivity index (χ1n) is 8.47. The van der Waals surface area contributed by atoms with Crippen molar-refractivity contribution in [2.24, 2.45) is 11.1 Å². The molecule has 0 radical (unpaired) electrons. The van der Waals surface area contributed by atoms with Gasteiger partial charge in [-0.3, -0.25) is 4.79 Å². The van der Waals surface area contributed by atoms with Crippen molar-refractivity contribution in [1.29, 1.82) is 0 Å². The van der Waals surface area contributed by atoms with Crippen LogP contribution in [-0.4, -0.2) is 44.4 Å². The number of carbonyl (C=O) groups excluding carboxylic acids is 1. The van der Waals surface area contributed by atoms with E-state index in [9.17, 15) is 9.18 Å². The average Bonchev–Trinajstić information content (AvgIpc) is 3.02. The molecular formula is C17H24ClFN6O2. The zero-order chi connectivity index (χ0) is 19.1. The lowest BCUT2D eigenvalue weighted by Gasteiger charge is -2.57. The maximum absolute atomic E-state index is 14.2. The van der Waals surface area contributed by atoms with Crippen molar-refractivity contribution >= 4 is 24.0 Å². The summed E-state index contributed by atoms with van der Waals surface area (Å²) < 4.78 is 21.1. The summed E-state index contributed by atoms with van der Waals surface area (Å²) in [6.07, 6.45) is 0.357. The normalized spacial score (nSPS) is 23.3. The van der Waals surface area contributed by atoms with Crippen molar-refractivity contribution in [3.63, 3.8) is 0 Å². The molecule has 10 heteroatoms. The molecule has 1 aromatic heterocycles. The van der Waals surface area contributed by atoms with E-state index in [1.807, 2.05) is 20.8 Å². The standard InChI is InChI=1S/C17H23FN6O2.ClH/c1-5-26-14-9-17(19,16(14,3)4)15(25)20-11-6-7-12(18)13(8-11)24-10(2)21-22-23-24;/h6-8,14H,5,9,19H2,1-4H3,(H,20,25);1H. The third kappa shape index (κ3) is 3.42. The van der Waals surface area contributed by atoms with Crippen molar-refractivity contribution < 1.29 is 13.9 Å². The second kappa shape index (κ2) is 7.49. The first-order chi connectivity index (χ1) is 12.2. The number of nitrogens with zero attached hydrogens (tertiary/aromatic N) is 4. The van der Waals surface area contributed by atoms with Gasteiger partial charge in [-0.15, -0.1) is 17.5 Å². The zero-order valence-corrected chi connectivity index (χ0v) is 16.5. The summed E-state index contributed by atoms with van der Waals surface area (Å²) in [6.45, 7) is 7.96. The Balaban J connectivity index is 0.00000261. The van der Waals surface area contributed by atoms with Crippen molar-refractivity contribution in [2.75, 3.05) is 11.9 Å². The van der Waals surface area contributed by atoms with Crippen molar-refractivity contribution in [3.05, 3.63) is 29.8 Å². The number of ether oxygens (including phenoxy) is 1. The van der Waals surface area contributed by atoms with Crippen LogP contribution in [0.1, 0.15) is 33.0 Å². The van der Waals surface area contributed by atoms with Gasteiger partial charge in [-0.2, -0.15) is 4.68 Å². The summed E-state index contributed by atoms with van der Waals surface area (Å²) in [7, 11) is 0.